The molecule has 0 aliphatic heterocycles. The Hall–Kier alpha value is -3.70. The lowest BCUT2D eigenvalue weighted by Crippen LogP contribution is -2.29. The molecule has 1 N–H and O–H groups in total. The van der Waals surface area contributed by atoms with Crippen molar-refractivity contribution < 1.29 is 31.5 Å². The number of nitrogens with zero attached hydrogens (tertiary/aromatic N) is 3. The normalized spacial score (nSPS) is 14.3. The fourth-order valence-electron chi connectivity index (χ4n) is 3.55. The predicted molar refractivity (Wildman–Crippen MR) is 116 cm³/mol. The second-order valence-electron chi connectivity index (χ2n) is 7.95. The molecule has 0 spiro atoms. The Morgan fingerprint density at radius 2 is 1.91 bits per heavy atom. The molecule has 186 valence electrons. The van der Waals surface area contributed by atoms with E-state index in [0.29, 0.717) is 11.9 Å². The van der Waals surface area contributed by atoms with Gasteiger partial charge in [-0.3, -0.25) is 9.36 Å². The topological polar surface area (TPSA) is 78.2 Å². The standard InChI is InChI=1S/C23H21F5N4O3/c1-2-31-21(12-7-8-12)30-32(23(31)34)17-10-18(35-19(11-24)20(27)28)13(9-15(17)26)22(33)29-16-6-4-3-5-14(16)25/h3-6,9-10,12,19-20H,2,7-8,11H2,1H3,(H,29,33)/t19-/m0/s1. The summed E-state index contributed by atoms with van der Waals surface area (Å²) in [6.07, 6.45) is -3.90. The van der Waals surface area contributed by atoms with Crippen LogP contribution in [0.25, 0.3) is 5.69 Å². The first kappa shape index (κ1) is 24.4. The molecule has 1 aliphatic rings. The van der Waals surface area contributed by atoms with Gasteiger partial charge in [0.1, 0.15) is 35.6 Å². The van der Waals surface area contributed by atoms with E-state index in [1.165, 1.54) is 22.8 Å². The number of anilines is 1. The molecule has 4 rings (SSSR count). The fraction of sp³-hybridized carbons (Fsp3) is 0.348. The quantitative estimate of drug-likeness (QED) is 0.445. The molecular formula is C23H21F5N4O3. The molecule has 3 aromatic rings. The lowest BCUT2D eigenvalue weighted by molar-refractivity contribution is -0.00158. The number of benzene rings is 2. The van der Waals surface area contributed by atoms with Crippen molar-refractivity contribution in [3.63, 3.8) is 0 Å². The number of alkyl halides is 3. The lowest BCUT2D eigenvalue weighted by atomic mass is 10.1. The van der Waals surface area contributed by atoms with E-state index in [2.05, 4.69) is 10.4 Å². The van der Waals surface area contributed by atoms with E-state index in [0.717, 1.165) is 29.7 Å². The highest BCUT2D eigenvalue weighted by molar-refractivity contribution is 6.06. The van der Waals surface area contributed by atoms with Crippen LogP contribution in [0.4, 0.5) is 27.6 Å². The second-order valence-corrected chi connectivity index (χ2v) is 7.95. The van der Waals surface area contributed by atoms with Gasteiger partial charge in [-0.05, 0) is 38.0 Å². The van der Waals surface area contributed by atoms with Crippen molar-refractivity contribution in [2.75, 3.05) is 12.0 Å². The highest BCUT2D eigenvalue weighted by Gasteiger charge is 2.32. The monoisotopic (exact) mass is 496 g/mol. The molecule has 0 radical (unpaired) electrons. The van der Waals surface area contributed by atoms with E-state index < -0.39 is 59.4 Å². The highest BCUT2D eigenvalue weighted by atomic mass is 19.3. The summed E-state index contributed by atoms with van der Waals surface area (Å²) < 4.78 is 75.9. The number of ether oxygens (including phenoxy) is 1. The fourth-order valence-corrected chi connectivity index (χ4v) is 3.55. The van der Waals surface area contributed by atoms with Gasteiger partial charge in [0.15, 0.2) is 6.10 Å². The molecule has 2 aromatic carbocycles. The van der Waals surface area contributed by atoms with Gasteiger partial charge in [0.2, 0.25) is 0 Å². The highest BCUT2D eigenvalue weighted by Crippen LogP contribution is 2.39. The minimum absolute atomic E-state index is 0.0447. The first-order chi connectivity index (χ1) is 16.7. The van der Waals surface area contributed by atoms with Gasteiger partial charge in [-0.15, -0.1) is 5.10 Å². The SMILES string of the molecule is CCn1c(C2CC2)nn(-c2cc(O[C@@H](CF)C(F)F)c(C(=O)Nc3ccccc3F)cc2F)c1=O. The molecule has 1 saturated carbocycles. The first-order valence-electron chi connectivity index (χ1n) is 10.8. The molecule has 12 heteroatoms. The van der Waals surface area contributed by atoms with Crippen LogP contribution in [0.1, 0.15) is 41.9 Å². The van der Waals surface area contributed by atoms with Crippen molar-refractivity contribution in [2.45, 2.75) is 44.8 Å². The summed E-state index contributed by atoms with van der Waals surface area (Å²) in [5.41, 5.74) is -1.98. The molecule has 1 amide bonds. The molecule has 1 heterocycles. The molecule has 0 unspecified atom stereocenters. The number of aromatic nitrogens is 3. The smallest absolute Gasteiger partial charge is 0.350 e. The summed E-state index contributed by atoms with van der Waals surface area (Å²) in [4.78, 5) is 25.7. The Labute approximate surface area is 196 Å². The summed E-state index contributed by atoms with van der Waals surface area (Å²) >= 11 is 0. The van der Waals surface area contributed by atoms with Crippen LogP contribution < -0.4 is 15.7 Å². The Morgan fingerprint density at radius 3 is 2.51 bits per heavy atom. The molecule has 1 aliphatic carbocycles. The van der Waals surface area contributed by atoms with Crippen molar-refractivity contribution in [1.29, 1.82) is 0 Å². The van der Waals surface area contributed by atoms with Gasteiger partial charge in [-0.25, -0.2) is 26.7 Å². The average molecular weight is 496 g/mol. The third-order valence-corrected chi connectivity index (χ3v) is 5.51. The van der Waals surface area contributed by atoms with Gasteiger partial charge in [0, 0.05) is 18.5 Å². The maximum absolute atomic E-state index is 15.2. The number of nitrogens with one attached hydrogen (secondary N) is 1. The van der Waals surface area contributed by atoms with E-state index >= 15 is 4.39 Å². The Morgan fingerprint density at radius 1 is 1.20 bits per heavy atom. The zero-order valence-corrected chi connectivity index (χ0v) is 18.5. The van der Waals surface area contributed by atoms with Gasteiger partial charge in [-0.2, -0.15) is 4.68 Å². The van der Waals surface area contributed by atoms with Crippen LogP contribution in [-0.4, -0.2) is 39.5 Å². The number of halogens is 5. The zero-order chi connectivity index (χ0) is 25.3. The van der Waals surface area contributed by atoms with Gasteiger partial charge < -0.3 is 10.1 Å². The minimum Gasteiger partial charge on any atom is -0.481 e. The van der Waals surface area contributed by atoms with Crippen molar-refractivity contribution in [3.8, 4) is 11.4 Å². The number of carbonyl (C=O) groups is 1. The van der Waals surface area contributed by atoms with E-state index in [-0.39, 0.29) is 18.2 Å². The summed E-state index contributed by atoms with van der Waals surface area (Å²) in [6.45, 7) is 0.387. The Bertz CT molecular complexity index is 1300. The number of para-hydroxylation sites is 1. The zero-order valence-electron chi connectivity index (χ0n) is 18.5. The summed E-state index contributed by atoms with van der Waals surface area (Å²) in [5, 5.41) is 6.40. The van der Waals surface area contributed by atoms with Crippen LogP contribution >= 0.6 is 0 Å². The summed E-state index contributed by atoms with van der Waals surface area (Å²) in [7, 11) is 0. The first-order valence-corrected chi connectivity index (χ1v) is 10.8. The largest absolute Gasteiger partial charge is 0.481 e. The maximum Gasteiger partial charge on any atom is 0.350 e. The number of amides is 1. The molecule has 35 heavy (non-hydrogen) atoms. The average Bonchev–Trinajstić information content (AvgIpc) is 3.62. The van der Waals surface area contributed by atoms with Gasteiger partial charge >= 0.3 is 5.69 Å². The van der Waals surface area contributed by atoms with Crippen molar-refractivity contribution >= 4 is 11.6 Å². The third-order valence-electron chi connectivity index (χ3n) is 5.51. The van der Waals surface area contributed by atoms with E-state index in [1.807, 2.05) is 0 Å². The van der Waals surface area contributed by atoms with E-state index in [9.17, 15) is 27.2 Å². The van der Waals surface area contributed by atoms with Crippen molar-refractivity contribution in [2.24, 2.45) is 0 Å². The predicted octanol–water partition coefficient (Wildman–Crippen LogP) is 4.44. The lowest BCUT2D eigenvalue weighted by Gasteiger charge is -2.19. The Kier molecular flexibility index (Phi) is 6.90. The Balaban J connectivity index is 1.80. The molecule has 1 atom stereocenters. The van der Waals surface area contributed by atoms with E-state index in [4.69, 9.17) is 4.74 Å². The van der Waals surface area contributed by atoms with Crippen molar-refractivity contribution in [3.05, 3.63) is 69.9 Å². The number of hydrogen-bond acceptors (Lipinski definition) is 4. The van der Waals surface area contributed by atoms with Crippen LogP contribution in [0, 0.1) is 11.6 Å². The van der Waals surface area contributed by atoms with Gasteiger partial charge in [-0.1, -0.05) is 12.1 Å². The number of hydrogen-bond donors (Lipinski definition) is 1. The van der Waals surface area contributed by atoms with Crippen LogP contribution in [-0.2, 0) is 6.54 Å². The molecule has 1 fully saturated rings. The van der Waals surface area contributed by atoms with Crippen LogP contribution in [0.15, 0.2) is 41.2 Å². The maximum atomic E-state index is 15.2. The minimum atomic E-state index is -3.26. The number of carbonyl (C=O) groups excluding carboxylic acids is 1. The summed E-state index contributed by atoms with van der Waals surface area (Å²) in [5.74, 6) is -3.09. The van der Waals surface area contributed by atoms with Crippen LogP contribution in [0.3, 0.4) is 0 Å². The molecule has 1 aromatic heterocycles. The molecule has 7 nitrogen and oxygen atoms in total. The molecular weight excluding hydrogens is 475 g/mol. The third kappa shape index (κ3) is 4.91. The van der Waals surface area contributed by atoms with Crippen LogP contribution in [0.5, 0.6) is 5.75 Å². The van der Waals surface area contributed by atoms with E-state index in [1.54, 1.807) is 6.92 Å². The summed E-state index contributed by atoms with van der Waals surface area (Å²) in [6, 6.07) is 6.60. The van der Waals surface area contributed by atoms with Crippen molar-refractivity contribution in [1.82, 2.24) is 14.3 Å². The van der Waals surface area contributed by atoms with Crippen LogP contribution in [0.2, 0.25) is 0 Å². The second kappa shape index (κ2) is 9.88. The molecule has 0 saturated heterocycles. The number of rotatable bonds is 9. The van der Waals surface area contributed by atoms with Gasteiger partial charge in [0.05, 0.1) is 11.3 Å². The van der Waals surface area contributed by atoms with Gasteiger partial charge in [0.25, 0.3) is 12.3 Å². The molecule has 0 bridgehead atoms.